The highest BCUT2D eigenvalue weighted by Crippen LogP contribution is 2.35. The standard InChI is InChI=1S/C35H43FN2O7S/c1-35(2)43-25-28-23-27(13-18-32(28)45-35)33-24-38(34(39)44-33)19-6-3-4-7-20-42-21-8-5-10-26-11-9-12-31(22-26)46(40,41)37-30-16-14-29(36)15-17-30/h9,11-18,22-23,33,37H,3-8,10,19-21,24-25H2,1-2H3/t33-/m0/s1. The lowest BCUT2D eigenvalue weighted by molar-refractivity contribution is -0.180. The first-order valence-corrected chi connectivity index (χ1v) is 17.4. The molecule has 3 aromatic carbocycles. The number of amides is 1. The van der Waals surface area contributed by atoms with Crippen molar-refractivity contribution in [3.63, 3.8) is 0 Å². The zero-order valence-corrected chi connectivity index (χ0v) is 27.3. The molecule has 0 bridgehead atoms. The first-order valence-electron chi connectivity index (χ1n) is 15.9. The predicted molar refractivity (Wildman–Crippen MR) is 173 cm³/mol. The lowest BCUT2D eigenvalue weighted by Gasteiger charge is -2.32. The molecule has 2 aliphatic rings. The fraction of sp³-hybridized carbons (Fsp3) is 0.457. The number of aryl methyl sites for hydroxylation is 1. The second-order valence-corrected chi connectivity index (χ2v) is 13.9. The number of anilines is 1. The van der Waals surface area contributed by atoms with Gasteiger partial charge in [-0.2, -0.15) is 0 Å². The Morgan fingerprint density at radius 1 is 0.957 bits per heavy atom. The van der Waals surface area contributed by atoms with Crippen LogP contribution in [0.1, 0.15) is 75.2 Å². The molecule has 11 heteroatoms. The summed E-state index contributed by atoms with van der Waals surface area (Å²) >= 11 is 0. The van der Waals surface area contributed by atoms with Crippen LogP contribution >= 0.6 is 0 Å². The van der Waals surface area contributed by atoms with Crippen molar-refractivity contribution >= 4 is 21.8 Å². The Balaban J connectivity index is 0.913. The molecule has 0 aliphatic carbocycles. The Labute approximate surface area is 271 Å². The van der Waals surface area contributed by atoms with Crippen LogP contribution in [0.3, 0.4) is 0 Å². The number of nitrogens with one attached hydrogen (secondary N) is 1. The fourth-order valence-electron chi connectivity index (χ4n) is 5.52. The molecule has 0 radical (unpaired) electrons. The average Bonchev–Trinajstić information content (AvgIpc) is 3.40. The number of benzene rings is 3. The van der Waals surface area contributed by atoms with Crippen LogP contribution in [0.25, 0.3) is 0 Å². The Morgan fingerprint density at radius 3 is 2.52 bits per heavy atom. The quantitative estimate of drug-likeness (QED) is 0.161. The van der Waals surface area contributed by atoms with Crippen LogP contribution in [-0.4, -0.2) is 51.5 Å². The summed E-state index contributed by atoms with van der Waals surface area (Å²) in [6, 6.07) is 18.0. The largest absolute Gasteiger partial charge is 0.463 e. The third-order valence-electron chi connectivity index (χ3n) is 8.05. The van der Waals surface area contributed by atoms with E-state index in [9.17, 15) is 17.6 Å². The molecule has 0 spiro atoms. The van der Waals surface area contributed by atoms with Crippen LogP contribution in [0.15, 0.2) is 71.6 Å². The van der Waals surface area contributed by atoms with Crippen LogP contribution in [0, 0.1) is 5.82 Å². The van der Waals surface area contributed by atoms with Crippen LogP contribution in [0.4, 0.5) is 14.9 Å². The van der Waals surface area contributed by atoms with E-state index in [1.54, 1.807) is 23.1 Å². The van der Waals surface area contributed by atoms with Gasteiger partial charge in [0.05, 0.1) is 18.0 Å². The van der Waals surface area contributed by atoms with Gasteiger partial charge in [0.15, 0.2) is 0 Å². The predicted octanol–water partition coefficient (Wildman–Crippen LogP) is 7.36. The number of fused-ring (bicyclic) bond motifs is 1. The monoisotopic (exact) mass is 654 g/mol. The normalized spacial score (nSPS) is 17.3. The number of hydrogen-bond donors (Lipinski definition) is 1. The minimum absolute atomic E-state index is 0.178. The van der Waals surface area contributed by atoms with Crippen molar-refractivity contribution in [1.82, 2.24) is 4.90 Å². The number of rotatable bonds is 16. The van der Waals surface area contributed by atoms with E-state index in [1.807, 2.05) is 38.1 Å². The lowest BCUT2D eigenvalue weighted by atomic mass is 10.0. The molecule has 1 saturated heterocycles. The van der Waals surface area contributed by atoms with Crippen LogP contribution in [0.5, 0.6) is 5.75 Å². The van der Waals surface area contributed by atoms with E-state index >= 15 is 0 Å². The summed E-state index contributed by atoms with van der Waals surface area (Å²) in [5, 5.41) is 0. The number of cyclic esters (lactones) is 1. The second-order valence-electron chi connectivity index (χ2n) is 12.2. The van der Waals surface area contributed by atoms with Gasteiger partial charge in [0, 0.05) is 44.9 Å². The van der Waals surface area contributed by atoms with Crippen molar-refractivity contribution in [2.24, 2.45) is 0 Å². The van der Waals surface area contributed by atoms with Crippen molar-refractivity contribution in [3.8, 4) is 5.75 Å². The highest BCUT2D eigenvalue weighted by atomic mass is 32.2. The van der Waals surface area contributed by atoms with Crippen LogP contribution in [0.2, 0.25) is 0 Å². The Hall–Kier alpha value is -3.67. The minimum Gasteiger partial charge on any atom is -0.463 e. The highest BCUT2D eigenvalue weighted by molar-refractivity contribution is 7.92. The fourth-order valence-corrected chi connectivity index (χ4v) is 6.65. The topological polar surface area (TPSA) is 103 Å². The van der Waals surface area contributed by atoms with E-state index in [0.29, 0.717) is 38.6 Å². The molecule has 2 aliphatic heterocycles. The van der Waals surface area contributed by atoms with Gasteiger partial charge in [0.1, 0.15) is 17.7 Å². The molecule has 1 amide bonds. The van der Waals surface area contributed by atoms with Crippen LogP contribution in [-0.2, 0) is 37.3 Å². The number of ether oxygens (including phenoxy) is 4. The van der Waals surface area contributed by atoms with Gasteiger partial charge in [-0.15, -0.1) is 0 Å². The van der Waals surface area contributed by atoms with Gasteiger partial charge in [-0.05, 0) is 91.8 Å². The summed E-state index contributed by atoms with van der Waals surface area (Å²) in [6.07, 6.45) is 5.87. The first-order chi connectivity index (χ1) is 22.1. The maximum atomic E-state index is 13.1. The third-order valence-corrected chi connectivity index (χ3v) is 9.43. The molecule has 1 fully saturated rings. The number of hydrogen-bond acceptors (Lipinski definition) is 7. The number of unbranched alkanes of at least 4 members (excludes halogenated alkanes) is 4. The minimum atomic E-state index is -3.76. The summed E-state index contributed by atoms with van der Waals surface area (Å²) in [7, 11) is -3.76. The zero-order chi connectivity index (χ0) is 32.6. The summed E-state index contributed by atoms with van der Waals surface area (Å²) in [4.78, 5) is 14.4. The van der Waals surface area contributed by atoms with E-state index < -0.39 is 21.6 Å². The third kappa shape index (κ3) is 9.43. The molecule has 1 atom stereocenters. The summed E-state index contributed by atoms with van der Waals surface area (Å²) in [5.74, 6) is -0.263. The number of carbonyl (C=O) groups excluding carboxylic acids is 1. The molecule has 9 nitrogen and oxygen atoms in total. The molecule has 0 unspecified atom stereocenters. The zero-order valence-electron chi connectivity index (χ0n) is 26.5. The molecule has 1 N–H and O–H groups in total. The molecule has 2 heterocycles. The van der Waals surface area contributed by atoms with E-state index in [4.69, 9.17) is 18.9 Å². The molecule has 0 saturated carbocycles. The smallest absolute Gasteiger partial charge is 0.410 e. The van der Waals surface area contributed by atoms with E-state index in [-0.39, 0.29) is 17.1 Å². The van der Waals surface area contributed by atoms with Gasteiger partial charge in [-0.25, -0.2) is 17.6 Å². The number of carbonyl (C=O) groups is 1. The van der Waals surface area contributed by atoms with Gasteiger partial charge >= 0.3 is 6.09 Å². The SMILES string of the molecule is CC1(C)OCc2cc([C@@H]3CN(CCCCCCOCCCCc4cccc(S(=O)(=O)Nc5ccc(F)cc5)c4)C(=O)O3)ccc2O1. The van der Waals surface area contributed by atoms with Crippen molar-refractivity contribution in [3.05, 3.63) is 89.2 Å². The van der Waals surface area contributed by atoms with Crippen LogP contribution < -0.4 is 9.46 Å². The molecule has 46 heavy (non-hydrogen) atoms. The van der Waals surface area contributed by atoms with Crippen molar-refractivity contribution in [2.45, 2.75) is 82.2 Å². The Bertz CT molecular complexity index is 1580. The van der Waals surface area contributed by atoms with E-state index in [0.717, 1.165) is 67.4 Å². The van der Waals surface area contributed by atoms with Crippen molar-refractivity contribution < 1.29 is 36.6 Å². The maximum Gasteiger partial charge on any atom is 0.410 e. The highest BCUT2D eigenvalue weighted by Gasteiger charge is 2.33. The van der Waals surface area contributed by atoms with Crippen molar-refractivity contribution in [1.29, 1.82) is 0 Å². The number of halogens is 1. The van der Waals surface area contributed by atoms with Gasteiger partial charge in [-0.1, -0.05) is 31.0 Å². The number of nitrogens with zero attached hydrogens (tertiary/aromatic N) is 1. The van der Waals surface area contributed by atoms with Crippen molar-refractivity contribution in [2.75, 3.05) is 31.0 Å². The molecule has 5 rings (SSSR count). The van der Waals surface area contributed by atoms with Gasteiger partial charge < -0.3 is 23.8 Å². The van der Waals surface area contributed by atoms with Gasteiger partial charge in [-0.3, -0.25) is 4.72 Å². The van der Waals surface area contributed by atoms with E-state index in [1.165, 1.54) is 24.3 Å². The average molecular weight is 655 g/mol. The molecule has 0 aromatic heterocycles. The lowest BCUT2D eigenvalue weighted by Crippen LogP contribution is -2.35. The Morgan fingerprint density at radius 2 is 1.72 bits per heavy atom. The molecule has 248 valence electrons. The number of sulfonamides is 1. The van der Waals surface area contributed by atoms with Gasteiger partial charge in [0.2, 0.25) is 5.79 Å². The summed E-state index contributed by atoms with van der Waals surface area (Å²) in [6.45, 7) is 6.80. The summed E-state index contributed by atoms with van der Waals surface area (Å²) < 4.78 is 64.1. The Kier molecular flexibility index (Phi) is 11.2. The maximum absolute atomic E-state index is 13.1. The summed E-state index contributed by atoms with van der Waals surface area (Å²) in [5.41, 5.74) is 3.17. The van der Waals surface area contributed by atoms with E-state index in [2.05, 4.69) is 4.72 Å². The first kappa shape index (κ1) is 33.7. The van der Waals surface area contributed by atoms with Gasteiger partial charge in [0.25, 0.3) is 10.0 Å². The second kappa shape index (κ2) is 15.3. The molecule has 3 aromatic rings. The molecular formula is C35H43FN2O7S. The molecular weight excluding hydrogens is 611 g/mol.